The summed E-state index contributed by atoms with van der Waals surface area (Å²) in [6, 6.07) is 0.219. The normalized spacial score (nSPS) is 15.8. The van der Waals surface area contributed by atoms with Gasteiger partial charge in [-0.15, -0.1) is 11.3 Å². The number of rotatable bonds is 5. The zero-order chi connectivity index (χ0) is 18.8. The van der Waals surface area contributed by atoms with Crippen LogP contribution in [0.2, 0.25) is 0 Å². The fraction of sp³-hybridized carbons (Fsp3) is 0.562. The Bertz CT molecular complexity index is 782. The molecule has 1 aliphatic heterocycles. The van der Waals surface area contributed by atoms with Gasteiger partial charge in [-0.3, -0.25) is 10.1 Å². The van der Waals surface area contributed by atoms with Gasteiger partial charge in [0.2, 0.25) is 11.6 Å². The first kappa shape index (κ1) is 18.5. The second kappa shape index (κ2) is 7.50. The van der Waals surface area contributed by atoms with E-state index in [2.05, 4.69) is 32.2 Å². The molecule has 10 heteroatoms. The zero-order valence-corrected chi connectivity index (χ0v) is 16.2. The number of nitrogens with zero attached hydrogens (tertiary/aromatic N) is 6. The molecule has 1 fully saturated rings. The van der Waals surface area contributed by atoms with Crippen molar-refractivity contribution in [1.29, 1.82) is 0 Å². The van der Waals surface area contributed by atoms with E-state index in [1.807, 2.05) is 25.8 Å². The molecule has 0 radical (unpaired) electrons. The Labute approximate surface area is 156 Å². The monoisotopic (exact) mass is 377 g/mol. The molecule has 1 saturated heterocycles. The van der Waals surface area contributed by atoms with Gasteiger partial charge in [0.05, 0.1) is 10.6 Å². The number of hydrogen-bond acceptors (Lipinski definition) is 9. The minimum Gasteiger partial charge on any atom is -0.351 e. The first-order chi connectivity index (χ1) is 12.4. The lowest BCUT2D eigenvalue weighted by molar-refractivity contribution is -0.383. The molecule has 9 nitrogen and oxygen atoms in total. The van der Waals surface area contributed by atoms with Crippen LogP contribution in [0.4, 0.5) is 22.5 Å². The summed E-state index contributed by atoms with van der Waals surface area (Å²) >= 11 is 1.45. The standard InChI is InChI=1S/C16H23N7O2S/c1-10-11(2)26-16(19-10)20-14-13(23(24)25)15(18-9-17-14)22(4)12-5-7-21(3)8-6-12/h9,12H,5-8H2,1-4H3,(H,17,18,19,20). The molecule has 0 atom stereocenters. The van der Waals surface area contributed by atoms with Crippen molar-refractivity contribution in [3.63, 3.8) is 0 Å². The van der Waals surface area contributed by atoms with E-state index in [0.717, 1.165) is 36.5 Å². The Hall–Kier alpha value is -2.33. The Kier molecular flexibility index (Phi) is 5.33. The van der Waals surface area contributed by atoms with Gasteiger partial charge >= 0.3 is 5.69 Å². The lowest BCUT2D eigenvalue weighted by Gasteiger charge is -2.35. The fourth-order valence-electron chi connectivity index (χ4n) is 3.07. The van der Waals surface area contributed by atoms with Gasteiger partial charge in [0.1, 0.15) is 6.33 Å². The number of aryl methyl sites for hydroxylation is 2. The third-order valence-electron chi connectivity index (χ3n) is 4.81. The first-order valence-corrected chi connectivity index (χ1v) is 9.30. The summed E-state index contributed by atoms with van der Waals surface area (Å²) in [5.74, 6) is 0.514. The summed E-state index contributed by atoms with van der Waals surface area (Å²) in [6.07, 6.45) is 3.26. The second-order valence-electron chi connectivity index (χ2n) is 6.58. The molecule has 0 bridgehead atoms. The van der Waals surface area contributed by atoms with Crippen LogP contribution < -0.4 is 10.2 Å². The zero-order valence-electron chi connectivity index (χ0n) is 15.4. The predicted octanol–water partition coefficient (Wildman–Crippen LogP) is 2.73. The van der Waals surface area contributed by atoms with Crippen LogP contribution in [-0.4, -0.2) is 58.0 Å². The van der Waals surface area contributed by atoms with Crippen LogP contribution in [0.5, 0.6) is 0 Å². The Morgan fingerprint density at radius 3 is 2.62 bits per heavy atom. The average molecular weight is 377 g/mol. The quantitative estimate of drug-likeness (QED) is 0.627. The lowest BCUT2D eigenvalue weighted by Crippen LogP contribution is -2.42. The Morgan fingerprint density at radius 1 is 1.35 bits per heavy atom. The number of piperidine rings is 1. The van der Waals surface area contributed by atoms with Crippen molar-refractivity contribution in [1.82, 2.24) is 19.9 Å². The molecule has 26 heavy (non-hydrogen) atoms. The van der Waals surface area contributed by atoms with Crippen LogP contribution in [0.1, 0.15) is 23.4 Å². The van der Waals surface area contributed by atoms with E-state index in [4.69, 9.17) is 0 Å². The minimum atomic E-state index is -0.420. The molecule has 2 aromatic heterocycles. The molecule has 0 unspecified atom stereocenters. The maximum Gasteiger partial charge on any atom is 0.353 e. The molecular weight excluding hydrogens is 354 g/mol. The van der Waals surface area contributed by atoms with Gasteiger partial charge < -0.3 is 15.1 Å². The van der Waals surface area contributed by atoms with Gasteiger partial charge in [-0.1, -0.05) is 0 Å². The van der Waals surface area contributed by atoms with Crippen molar-refractivity contribution < 1.29 is 4.92 Å². The summed E-state index contributed by atoms with van der Waals surface area (Å²) in [6.45, 7) is 5.81. The molecule has 1 aliphatic rings. The molecule has 3 rings (SSSR count). The Morgan fingerprint density at radius 2 is 2.04 bits per heavy atom. The summed E-state index contributed by atoms with van der Waals surface area (Å²) in [7, 11) is 3.95. The van der Waals surface area contributed by atoms with Crippen molar-refractivity contribution in [2.75, 3.05) is 37.4 Å². The first-order valence-electron chi connectivity index (χ1n) is 8.48. The van der Waals surface area contributed by atoms with E-state index < -0.39 is 4.92 Å². The van der Waals surface area contributed by atoms with Gasteiger partial charge in [0, 0.05) is 18.0 Å². The largest absolute Gasteiger partial charge is 0.353 e. The number of aromatic nitrogens is 3. The molecule has 0 aromatic carbocycles. The van der Waals surface area contributed by atoms with Crippen LogP contribution in [0.3, 0.4) is 0 Å². The highest BCUT2D eigenvalue weighted by Gasteiger charge is 2.30. The highest BCUT2D eigenvalue weighted by Crippen LogP contribution is 2.36. The van der Waals surface area contributed by atoms with E-state index in [1.165, 1.54) is 17.7 Å². The lowest BCUT2D eigenvalue weighted by atomic mass is 10.0. The van der Waals surface area contributed by atoms with Crippen molar-refractivity contribution in [2.45, 2.75) is 32.7 Å². The Balaban J connectivity index is 1.91. The third-order valence-corrected chi connectivity index (χ3v) is 5.80. The van der Waals surface area contributed by atoms with Crippen LogP contribution in [0.15, 0.2) is 6.33 Å². The molecule has 1 N–H and O–H groups in total. The number of anilines is 3. The summed E-state index contributed by atoms with van der Waals surface area (Å²) in [5.41, 5.74) is 0.789. The van der Waals surface area contributed by atoms with E-state index in [1.54, 1.807) is 0 Å². The van der Waals surface area contributed by atoms with Gasteiger partial charge in [0.25, 0.3) is 0 Å². The van der Waals surface area contributed by atoms with Gasteiger partial charge in [-0.25, -0.2) is 15.0 Å². The number of hydrogen-bond donors (Lipinski definition) is 1. The van der Waals surface area contributed by atoms with Crippen LogP contribution in [0, 0.1) is 24.0 Å². The second-order valence-corrected chi connectivity index (χ2v) is 7.79. The third kappa shape index (κ3) is 3.75. The smallest absolute Gasteiger partial charge is 0.351 e. The number of nitrogens with one attached hydrogen (secondary N) is 1. The van der Waals surface area contributed by atoms with Crippen molar-refractivity contribution >= 4 is 33.8 Å². The molecule has 0 saturated carbocycles. The van der Waals surface area contributed by atoms with Crippen LogP contribution in [0.25, 0.3) is 0 Å². The van der Waals surface area contributed by atoms with E-state index in [9.17, 15) is 10.1 Å². The summed E-state index contributed by atoms with van der Waals surface area (Å²) < 4.78 is 0. The van der Waals surface area contributed by atoms with Crippen molar-refractivity contribution in [3.8, 4) is 0 Å². The van der Waals surface area contributed by atoms with Crippen LogP contribution >= 0.6 is 11.3 Å². The fourth-order valence-corrected chi connectivity index (χ4v) is 3.88. The van der Waals surface area contributed by atoms with Gasteiger partial charge in [-0.2, -0.15) is 0 Å². The molecule has 0 amide bonds. The molecule has 2 aromatic rings. The highest BCUT2D eigenvalue weighted by molar-refractivity contribution is 7.15. The summed E-state index contributed by atoms with van der Waals surface area (Å²) in [4.78, 5) is 29.3. The molecule has 0 spiro atoms. The van der Waals surface area contributed by atoms with Gasteiger partial charge in [-0.05, 0) is 46.8 Å². The SMILES string of the molecule is Cc1nc(Nc2ncnc(N(C)C3CCN(C)CC3)c2[N+](=O)[O-])sc1C. The number of nitro groups is 1. The predicted molar refractivity (Wildman–Crippen MR) is 102 cm³/mol. The van der Waals surface area contributed by atoms with Crippen molar-refractivity contribution in [3.05, 3.63) is 27.0 Å². The molecular formula is C16H23N7O2S. The number of thiazole rings is 1. The van der Waals surface area contributed by atoms with Gasteiger partial charge in [0.15, 0.2) is 5.13 Å². The average Bonchev–Trinajstić information content (AvgIpc) is 2.92. The van der Waals surface area contributed by atoms with Crippen LogP contribution in [-0.2, 0) is 0 Å². The molecule has 140 valence electrons. The van der Waals surface area contributed by atoms with E-state index >= 15 is 0 Å². The highest BCUT2D eigenvalue weighted by atomic mass is 32.1. The van der Waals surface area contributed by atoms with E-state index in [-0.39, 0.29) is 17.5 Å². The molecule has 0 aliphatic carbocycles. The minimum absolute atomic E-state index is 0.112. The summed E-state index contributed by atoms with van der Waals surface area (Å²) in [5, 5.41) is 15.4. The molecule has 3 heterocycles. The van der Waals surface area contributed by atoms with E-state index in [0.29, 0.717) is 10.9 Å². The maximum absolute atomic E-state index is 11.8. The number of likely N-dealkylation sites (tertiary alicyclic amines) is 1. The maximum atomic E-state index is 11.8. The topological polar surface area (TPSA) is 100 Å². The van der Waals surface area contributed by atoms with Crippen molar-refractivity contribution in [2.24, 2.45) is 0 Å².